The molecule has 0 saturated heterocycles. The molecule has 0 aliphatic heterocycles. The third-order valence-electron chi connectivity index (χ3n) is 5.27. The van der Waals surface area contributed by atoms with Crippen LogP contribution in [0.5, 0.6) is 0 Å². The first-order chi connectivity index (χ1) is 13.3. The summed E-state index contributed by atoms with van der Waals surface area (Å²) in [6, 6.07) is 0. The van der Waals surface area contributed by atoms with Crippen LogP contribution in [0.25, 0.3) is 0 Å². The molecule has 0 aromatic carbocycles. The molecular formula is C23H47NO3. The highest BCUT2D eigenvalue weighted by Crippen LogP contribution is 2.11. The molecule has 0 spiro atoms. The largest absolute Gasteiger partial charge is 0.396 e. The minimum Gasteiger partial charge on any atom is -0.396 e. The van der Waals surface area contributed by atoms with E-state index in [1.807, 2.05) is 0 Å². The molecule has 0 fully saturated rings. The molecule has 2 N–H and O–H groups in total. The van der Waals surface area contributed by atoms with Gasteiger partial charge in [-0.2, -0.15) is 0 Å². The lowest BCUT2D eigenvalue weighted by Crippen LogP contribution is -2.32. The van der Waals surface area contributed by atoms with Crippen molar-refractivity contribution in [2.45, 2.75) is 116 Å². The quantitative estimate of drug-likeness (QED) is 0.258. The Hall–Kier alpha value is -0.610. The van der Waals surface area contributed by atoms with Crippen LogP contribution in [-0.2, 0) is 4.79 Å². The fraction of sp³-hybridized carbons (Fsp3) is 0.957. The lowest BCUT2D eigenvalue weighted by Gasteiger charge is -2.23. The first-order valence-electron chi connectivity index (χ1n) is 11.8. The van der Waals surface area contributed by atoms with E-state index >= 15 is 0 Å². The summed E-state index contributed by atoms with van der Waals surface area (Å²) in [7, 11) is 0. The van der Waals surface area contributed by atoms with Crippen molar-refractivity contribution in [2.24, 2.45) is 0 Å². The van der Waals surface area contributed by atoms with E-state index in [0.29, 0.717) is 25.5 Å². The van der Waals surface area contributed by atoms with Crippen molar-refractivity contribution < 1.29 is 15.0 Å². The lowest BCUT2D eigenvalue weighted by atomic mass is 10.1. The highest BCUT2D eigenvalue weighted by atomic mass is 16.3. The molecule has 0 saturated carbocycles. The van der Waals surface area contributed by atoms with Gasteiger partial charge in [0.05, 0.1) is 0 Å². The summed E-state index contributed by atoms with van der Waals surface area (Å²) in [5.41, 5.74) is 0. The molecule has 0 rings (SSSR count). The van der Waals surface area contributed by atoms with Gasteiger partial charge in [-0.15, -0.1) is 0 Å². The standard InChI is InChI=1S/C23H47NO3/c1-2-3-4-13-18-23(27)24(19-14-9-5-7-11-16-21-25)20-15-10-6-8-12-17-22-26/h25-26H,2-22H2,1H3. The molecule has 1 amide bonds. The Kier molecular flexibility index (Phi) is 21.2. The van der Waals surface area contributed by atoms with Crippen LogP contribution in [0.2, 0.25) is 0 Å². The Balaban J connectivity index is 3.99. The minimum atomic E-state index is 0.306. The number of carbonyl (C=O) groups excluding carboxylic acids is 1. The highest BCUT2D eigenvalue weighted by molar-refractivity contribution is 5.76. The van der Waals surface area contributed by atoms with E-state index < -0.39 is 0 Å². The van der Waals surface area contributed by atoms with E-state index in [1.54, 1.807) is 0 Å². The molecule has 0 aromatic rings. The fourth-order valence-electron chi connectivity index (χ4n) is 3.47. The van der Waals surface area contributed by atoms with Gasteiger partial charge in [-0.1, -0.05) is 77.6 Å². The van der Waals surface area contributed by atoms with Crippen LogP contribution in [0.4, 0.5) is 0 Å². The maximum Gasteiger partial charge on any atom is 0.222 e. The number of amides is 1. The maximum atomic E-state index is 12.6. The summed E-state index contributed by atoms with van der Waals surface area (Å²) < 4.78 is 0. The molecule has 0 aromatic heterocycles. The number of aliphatic hydroxyl groups is 2. The Morgan fingerprint density at radius 3 is 1.44 bits per heavy atom. The number of hydrogen-bond donors (Lipinski definition) is 2. The van der Waals surface area contributed by atoms with E-state index in [2.05, 4.69) is 11.8 Å². The molecule has 0 aliphatic rings. The summed E-state index contributed by atoms with van der Waals surface area (Å²) in [5, 5.41) is 17.6. The maximum absolute atomic E-state index is 12.6. The van der Waals surface area contributed by atoms with E-state index in [0.717, 1.165) is 58.0 Å². The second kappa shape index (κ2) is 21.7. The molecule has 27 heavy (non-hydrogen) atoms. The minimum absolute atomic E-state index is 0.306. The molecule has 0 aliphatic carbocycles. The van der Waals surface area contributed by atoms with Crippen LogP contribution in [-0.4, -0.2) is 47.3 Å². The number of nitrogens with zero attached hydrogens (tertiary/aromatic N) is 1. The average Bonchev–Trinajstić information content (AvgIpc) is 2.68. The monoisotopic (exact) mass is 385 g/mol. The Morgan fingerprint density at radius 1 is 0.593 bits per heavy atom. The van der Waals surface area contributed by atoms with Gasteiger partial charge in [-0.3, -0.25) is 4.79 Å². The molecule has 0 atom stereocenters. The molecule has 0 bridgehead atoms. The van der Waals surface area contributed by atoms with Gasteiger partial charge >= 0.3 is 0 Å². The van der Waals surface area contributed by atoms with Crippen LogP contribution < -0.4 is 0 Å². The summed E-state index contributed by atoms with van der Waals surface area (Å²) in [6.45, 7) is 4.64. The smallest absolute Gasteiger partial charge is 0.222 e. The molecular weight excluding hydrogens is 338 g/mol. The average molecular weight is 386 g/mol. The van der Waals surface area contributed by atoms with Gasteiger partial charge in [0.25, 0.3) is 0 Å². The second-order valence-electron chi connectivity index (χ2n) is 7.88. The van der Waals surface area contributed by atoms with E-state index in [-0.39, 0.29) is 0 Å². The molecule has 0 unspecified atom stereocenters. The molecule has 4 nitrogen and oxygen atoms in total. The Labute approximate surface area is 168 Å². The molecule has 0 radical (unpaired) electrons. The number of hydrogen-bond acceptors (Lipinski definition) is 3. The number of aliphatic hydroxyl groups excluding tert-OH is 2. The van der Waals surface area contributed by atoms with E-state index in [4.69, 9.17) is 10.2 Å². The summed E-state index contributed by atoms with van der Waals surface area (Å²) >= 11 is 0. The third kappa shape index (κ3) is 18.5. The predicted octanol–water partition coefficient (Wildman–Crippen LogP) is 5.45. The van der Waals surface area contributed by atoms with Gasteiger partial charge in [0.2, 0.25) is 5.91 Å². The van der Waals surface area contributed by atoms with Crippen LogP contribution in [0.3, 0.4) is 0 Å². The zero-order valence-electron chi connectivity index (χ0n) is 18.1. The van der Waals surface area contributed by atoms with Crippen LogP contribution >= 0.6 is 0 Å². The van der Waals surface area contributed by atoms with Crippen LogP contribution in [0, 0.1) is 0 Å². The summed E-state index contributed by atoms with van der Waals surface area (Å²) in [5.74, 6) is 0.353. The summed E-state index contributed by atoms with van der Waals surface area (Å²) in [6.07, 6.45) is 18.8. The van der Waals surface area contributed by atoms with Crippen LogP contribution in [0.1, 0.15) is 116 Å². The van der Waals surface area contributed by atoms with Gasteiger partial charge in [-0.25, -0.2) is 0 Å². The van der Waals surface area contributed by atoms with Gasteiger partial charge in [0.15, 0.2) is 0 Å². The number of carbonyl (C=O) groups is 1. The Bertz CT molecular complexity index is 292. The first-order valence-corrected chi connectivity index (χ1v) is 11.8. The SMILES string of the molecule is CCCCCCC(=O)N(CCCCCCCCO)CCCCCCCCO. The normalized spacial score (nSPS) is 11.1. The molecule has 0 heterocycles. The van der Waals surface area contributed by atoms with Crippen molar-refractivity contribution in [2.75, 3.05) is 26.3 Å². The third-order valence-corrected chi connectivity index (χ3v) is 5.27. The van der Waals surface area contributed by atoms with Crippen molar-refractivity contribution in [1.82, 2.24) is 4.90 Å². The molecule has 4 heteroatoms. The Morgan fingerprint density at radius 2 is 1.00 bits per heavy atom. The topological polar surface area (TPSA) is 60.8 Å². The van der Waals surface area contributed by atoms with Crippen molar-refractivity contribution in [1.29, 1.82) is 0 Å². The van der Waals surface area contributed by atoms with Crippen molar-refractivity contribution >= 4 is 5.91 Å². The number of unbranched alkanes of at least 4 members (excludes halogenated alkanes) is 13. The lowest BCUT2D eigenvalue weighted by molar-refractivity contribution is -0.131. The fourth-order valence-corrected chi connectivity index (χ4v) is 3.47. The van der Waals surface area contributed by atoms with Crippen molar-refractivity contribution in [3.8, 4) is 0 Å². The van der Waals surface area contributed by atoms with Gasteiger partial charge < -0.3 is 15.1 Å². The first kappa shape index (κ1) is 26.4. The van der Waals surface area contributed by atoms with E-state index in [1.165, 1.54) is 57.8 Å². The number of rotatable bonds is 21. The van der Waals surface area contributed by atoms with E-state index in [9.17, 15) is 4.79 Å². The highest BCUT2D eigenvalue weighted by Gasteiger charge is 2.12. The van der Waals surface area contributed by atoms with Gasteiger partial charge in [0, 0.05) is 32.7 Å². The summed E-state index contributed by atoms with van der Waals surface area (Å²) in [4.78, 5) is 14.7. The van der Waals surface area contributed by atoms with Gasteiger partial charge in [-0.05, 0) is 32.1 Å². The second-order valence-corrected chi connectivity index (χ2v) is 7.88. The van der Waals surface area contributed by atoms with Gasteiger partial charge in [0.1, 0.15) is 0 Å². The molecule has 162 valence electrons. The zero-order chi connectivity index (χ0) is 20.0. The predicted molar refractivity (Wildman–Crippen MR) is 115 cm³/mol. The van der Waals surface area contributed by atoms with Crippen LogP contribution in [0.15, 0.2) is 0 Å². The van der Waals surface area contributed by atoms with Crippen molar-refractivity contribution in [3.05, 3.63) is 0 Å². The zero-order valence-corrected chi connectivity index (χ0v) is 18.1. The van der Waals surface area contributed by atoms with Crippen molar-refractivity contribution in [3.63, 3.8) is 0 Å².